The number of benzene rings is 1. The molecule has 1 saturated carbocycles. The lowest BCUT2D eigenvalue weighted by molar-refractivity contribution is -0.384. The molecule has 0 radical (unpaired) electrons. The lowest BCUT2D eigenvalue weighted by Crippen LogP contribution is -2.37. The third-order valence-corrected chi connectivity index (χ3v) is 5.92. The predicted molar refractivity (Wildman–Crippen MR) is 95.0 cm³/mol. The predicted octanol–water partition coefficient (Wildman–Crippen LogP) is 2.24. The standard InChI is InChI=1S/C16H25N3O5S/c1-11-3-5-13(6-4-11)18-25(23,24)14-7-8-15(17-10-12(2)20)16(9-14)19(21)22/h7-9,11-13,17-18,20H,3-6,10H2,1-2H3/t11?,12-,13?/m1/s1. The van der Waals surface area contributed by atoms with E-state index in [1.54, 1.807) is 6.92 Å². The molecule has 0 saturated heterocycles. The molecule has 1 fully saturated rings. The second-order valence-corrected chi connectivity index (χ2v) is 8.46. The van der Waals surface area contributed by atoms with E-state index in [1.165, 1.54) is 12.1 Å². The molecule has 0 bridgehead atoms. The molecule has 0 aromatic heterocycles. The van der Waals surface area contributed by atoms with Crippen molar-refractivity contribution in [1.29, 1.82) is 0 Å². The first-order chi connectivity index (χ1) is 11.7. The van der Waals surface area contributed by atoms with Gasteiger partial charge in [0.15, 0.2) is 0 Å². The second-order valence-electron chi connectivity index (χ2n) is 6.74. The first kappa shape index (κ1) is 19.6. The third kappa shape index (κ3) is 5.38. The van der Waals surface area contributed by atoms with Crippen LogP contribution in [0.25, 0.3) is 0 Å². The van der Waals surface area contributed by atoms with E-state index >= 15 is 0 Å². The number of aliphatic hydroxyl groups is 1. The van der Waals surface area contributed by atoms with E-state index in [1.807, 2.05) is 0 Å². The summed E-state index contributed by atoms with van der Waals surface area (Å²) in [5.41, 5.74) is -0.155. The number of nitro benzene ring substituents is 1. The Kier molecular flexibility index (Phi) is 6.36. The number of nitrogens with one attached hydrogen (secondary N) is 2. The molecule has 0 amide bonds. The summed E-state index contributed by atoms with van der Waals surface area (Å²) >= 11 is 0. The highest BCUT2D eigenvalue weighted by atomic mass is 32.2. The molecular formula is C16H25N3O5S. The largest absolute Gasteiger partial charge is 0.392 e. The Morgan fingerprint density at radius 1 is 1.32 bits per heavy atom. The van der Waals surface area contributed by atoms with Crippen LogP contribution >= 0.6 is 0 Å². The molecule has 0 spiro atoms. The Morgan fingerprint density at radius 2 is 1.96 bits per heavy atom. The maximum absolute atomic E-state index is 12.5. The fourth-order valence-corrected chi connectivity index (χ4v) is 4.23. The fourth-order valence-electron chi connectivity index (χ4n) is 2.90. The van der Waals surface area contributed by atoms with Crippen molar-refractivity contribution in [2.24, 2.45) is 5.92 Å². The van der Waals surface area contributed by atoms with Crippen LogP contribution in [-0.4, -0.2) is 37.1 Å². The third-order valence-electron chi connectivity index (χ3n) is 4.40. The van der Waals surface area contributed by atoms with Crippen LogP contribution < -0.4 is 10.0 Å². The van der Waals surface area contributed by atoms with Gasteiger partial charge in [-0.15, -0.1) is 0 Å². The molecule has 1 aromatic carbocycles. The zero-order valence-corrected chi connectivity index (χ0v) is 15.3. The van der Waals surface area contributed by atoms with E-state index < -0.39 is 21.1 Å². The minimum Gasteiger partial charge on any atom is -0.392 e. The maximum Gasteiger partial charge on any atom is 0.293 e. The lowest BCUT2D eigenvalue weighted by Gasteiger charge is -2.26. The van der Waals surface area contributed by atoms with Crippen LogP contribution in [0.4, 0.5) is 11.4 Å². The van der Waals surface area contributed by atoms with Crippen molar-refractivity contribution in [3.05, 3.63) is 28.3 Å². The topological polar surface area (TPSA) is 122 Å². The Balaban J connectivity index is 2.19. The molecule has 1 aromatic rings. The number of hydrogen-bond acceptors (Lipinski definition) is 6. The van der Waals surface area contributed by atoms with Gasteiger partial charge >= 0.3 is 0 Å². The van der Waals surface area contributed by atoms with Gasteiger partial charge in [-0.2, -0.15) is 0 Å². The molecule has 1 aliphatic carbocycles. The highest BCUT2D eigenvalue weighted by molar-refractivity contribution is 7.89. The smallest absolute Gasteiger partial charge is 0.293 e. The van der Waals surface area contributed by atoms with Crippen molar-refractivity contribution < 1.29 is 18.4 Å². The Labute approximate surface area is 147 Å². The average molecular weight is 371 g/mol. The molecule has 0 unspecified atom stereocenters. The summed E-state index contributed by atoms with van der Waals surface area (Å²) in [6, 6.07) is 3.62. The second kappa shape index (κ2) is 8.11. The van der Waals surface area contributed by atoms with Crippen molar-refractivity contribution >= 4 is 21.4 Å². The number of rotatable bonds is 7. The van der Waals surface area contributed by atoms with E-state index in [9.17, 15) is 23.6 Å². The van der Waals surface area contributed by atoms with Gasteiger partial charge < -0.3 is 10.4 Å². The van der Waals surface area contributed by atoms with E-state index in [4.69, 9.17) is 0 Å². The highest BCUT2D eigenvalue weighted by Crippen LogP contribution is 2.29. The summed E-state index contributed by atoms with van der Waals surface area (Å²) in [7, 11) is -3.81. The Bertz CT molecular complexity index is 712. The number of aliphatic hydroxyl groups excluding tert-OH is 1. The molecule has 140 valence electrons. The molecule has 3 N–H and O–H groups in total. The van der Waals surface area contributed by atoms with Crippen LogP contribution in [0.1, 0.15) is 39.5 Å². The van der Waals surface area contributed by atoms with Crippen LogP contribution in [0.5, 0.6) is 0 Å². The SMILES string of the molecule is CC1CCC(NS(=O)(=O)c2ccc(NC[C@@H](C)O)c([N+](=O)[O-])c2)CC1. The average Bonchev–Trinajstić information content (AvgIpc) is 2.54. The van der Waals surface area contributed by atoms with Crippen LogP contribution in [0.2, 0.25) is 0 Å². The van der Waals surface area contributed by atoms with Gasteiger partial charge in [-0.05, 0) is 50.7 Å². The van der Waals surface area contributed by atoms with Crippen LogP contribution in [0, 0.1) is 16.0 Å². The van der Waals surface area contributed by atoms with E-state index in [0.717, 1.165) is 31.7 Å². The van der Waals surface area contributed by atoms with Crippen molar-refractivity contribution in [3.8, 4) is 0 Å². The summed E-state index contributed by atoms with van der Waals surface area (Å²) in [4.78, 5) is 10.5. The summed E-state index contributed by atoms with van der Waals surface area (Å²) in [6.07, 6.45) is 2.80. The summed E-state index contributed by atoms with van der Waals surface area (Å²) in [6.45, 7) is 3.82. The van der Waals surface area contributed by atoms with E-state index in [2.05, 4.69) is 17.0 Å². The molecule has 1 aliphatic rings. The van der Waals surface area contributed by atoms with Gasteiger partial charge in [0.05, 0.1) is 15.9 Å². The normalized spacial score (nSPS) is 22.4. The Morgan fingerprint density at radius 3 is 2.52 bits per heavy atom. The molecule has 9 heteroatoms. The maximum atomic E-state index is 12.5. The zero-order valence-electron chi connectivity index (χ0n) is 14.4. The van der Waals surface area contributed by atoms with Gasteiger partial charge in [-0.1, -0.05) is 6.92 Å². The van der Waals surface area contributed by atoms with Crippen molar-refractivity contribution in [1.82, 2.24) is 4.72 Å². The van der Waals surface area contributed by atoms with Crippen molar-refractivity contribution in [3.63, 3.8) is 0 Å². The van der Waals surface area contributed by atoms with Gasteiger partial charge in [0.1, 0.15) is 5.69 Å². The molecule has 8 nitrogen and oxygen atoms in total. The molecule has 0 aliphatic heterocycles. The first-order valence-corrected chi connectivity index (χ1v) is 9.90. The van der Waals surface area contributed by atoms with Gasteiger partial charge in [0.2, 0.25) is 10.0 Å². The molecule has 0 heterocycles. The zero-order chi connectivity index (χ0) is 18.6. The van der Waals surface area contributed by atoms with Gasteiger partial charge in [0, 0.05) is 18.7 Å². The summed E-state index contributed by atoms with van der Waals surface area (Å²) in [5, 5.41) is 23.3. The van der Waals surface area contributed by atoms with Gasteiger partial charge in [-0.3, -0.25) is 10.1 Å². The van der Waals surface area contributed by atoms with Crippen LogP contribution in [0.15, 0.2) is 23.1 Å². The van der Waals surface area contributed by atoms with E-state index in [-0.39, 0.29) is 28.9 Å². The monoisotopic (exact) mass is 371 g/mol. The highest BCUT2D eigenvalue weighted by Gasteiger charge is 2.26. The minimum atomic E-state index is -3.81. The number of anilines is 1. The lowest BCUT2D eigenvalue weighted by atomic mass is 9.88. The molecular weight excluding hydrogens is 346 g/mol. The first-order valence-electron chi connectivity index (χ1n) is 8.41. The molecule has 2 rings (SSSR count). The van der Waals surface area contributed by atoms with E-state index in [0.29, 0.717) is 5.92 Å². The van der Waals surface area contributed by atoms with Crippen LogP contribution in [-0.2, 0) is 10.0 Å². The number of hydrogen-bond donors (Lipinski definition) is 3. The van der Waals surface area contributed by atoms with Gasteiger partial charge in [-0.25, -0.2) is 13.1 Å². The van der Waals surface area contributed by atoms with Gasteiger partial charge in [0.25, 0.3) is 5.69 Å². The fraction of sp³-hybridized carbons (Fsp3) is 0.625. The number of nitro groups is 1. The summed E-state index contributed by atoms with van der Waals surface area (Å²) in [5.74, 6) is 0.598. The number of nitrogens with zero attached hydrogens (tertiary/aromatic N) is 1. The number of sulfonamides is 1. The minimum absolute atomic E-state index is 0.125. The van der Waals surface area contributed by atoms with Crippen molar-refractivity contribution in [2.45, 2.75) is 56.6 Å². The van der Waals surface area contributed by atoms with Crippen LogP contribution in [0.3, 0.4) is 0 Å². The quantitative estimate of drug-likeness (QED) is 0.499. The molecule has 25 heavy (non-hydrogen) atoms. The summed E-state index contributed by atoms with van der Waals surface area (Å²) < 4.78 is 27.7. The van der Waals surface area contributed by atoms with Crippen molar-refractivity contribution in [2.75, 3.05) is 11.9 Å². The Hall–Kier alpha value is -1.71. The molecule has 1 atom stereocenters.